The highest BCUT2D eigenvalue weighted by molar-refractivity contribution is 7.89. The van der Waals surface area contributed by atoms with Crippen molar-refractivity contribution in [3.05, 3.63) is 65.5 Å². The van der Waals surface area contributed by atoms with Crippen molar-refractivity contribution in [1.29, 1.82) is 0 Å². The second-order valence-electron chi connectivity index (χ2n) is 6.95. The molecule has 0 atom stereocenters. The van der Waals surface area contributed by atoms with Crippen LogP contribution in [0.1, 0.15) is 29.9 Å². The lowest BCUT2D eigenvalue weighted by Crippen LogP contribution is -2.25. The summed E-state index contributed by atoms with van der Waals surface area (Å²) < 4.78 is 32.4. The van der Waals surface area contributed by atoms with Crippen LogP contribution in [0.5, 0.6) is 0 Å². The Kier molecular flexibility index (Phi) is 6.69. The first-order valence-electron chi connectivity index (χ1n) is 9.27. The molecular formula is C20H23ClN4O3S. The summed E-state index contributed by atoms with van der Waals surface area (Å²) in [5.74, 6) is 1.09. The topological polar surface area (TPSA) is 111 Å². The molecule has 1 aliphatic carbocycles. The SMILES string of the molecule is Cl.NCc1ccc(-c2noc(CCc3ccc(S(=O)(=O)NC4CC4)cc3)n2)cc1. The predicted molar refractivity (Wildman–Crippen MR) is 112 cm³/mol. The van der Waals surface area contributed by atoms with E-state index in [9.17, 15) is 8.42 Å². The van der Waals surface area contributed by atoms with Gasteiger partial charge in [0.25, 0.3) is 0 Å². The Bertz CT molecular complexity index is 1050. The maximum Gasteiger partial charge on any atom is 0.240 e. The van der Waals surface area contributed by atoms with Crippen molar-refractivity contribution in [3.63, 3.8) is 0 Å². The van der Waals surface area contributed by atoms with Crippen LogP contribution >= 0.6 is 12.4 Å². The van der Waals surface area contributed by atoms with Crippen molar-refractivity contribution in [2.24, 2.45) is 5.73 Å². The fourth-order valence-corrected chi connectivity index (χ4v) is 4.14. The molecule has 4 rings (SSSR count). The zero-order chi connectivity index (χ0) is 19.6. The molecule has 9 heteroatoms. The third kappa shape index (κ3) is 5.42. The summed E-state index contributed by atoms with van der Waals surface area (Å²) in [5.41, 5.74) is 8.55. The molecule has 0 amide bonds. The monoisotopic (exact) mass is 434 g/mol. The Labute approximate surface area is 176 Å². The number of aromatic nitrogens is 2. The summed E-state index contributed by atoms with van der Waals surface area (Å²) in [6.45, 7) is 0.495. The van der Waals surface area contributed by atoms with Crippen LogP contribution in [0.15, 0.2) is 57.9 Å². The van der Waals surface area contributed by atoms with Crippen molar-refractivity contribution in [2.45, 2.75) is 43.2 Å². The number of nitrogens with zero attached hydrogens (tertiary/aromatic N) is 2. The number of aryl methyl sites for hydroxylation is 2. The van der Waals surface area contributed by atoms with Crippen molar-refractivity contribution in [2.75, 3.05) is 0 Å². The molecule has 3 N–H and O–H groups in total. The van der Waals surface area contributed by atoms with Gasteiger partial charge < -0.3 is 10.3 Å². The van der Waals surface area contributed by atoms with Gasteiger partial charge in [0.2, 0.25) is 21.7 Å². The fraction of sp³-hybridized carbons (Fsp3) is 0.300. The summed E-state index contributed by atoms with van der Waals surface area (Å²) in [6.07, 6.45) is 3.10. The number of halogens is 1. The first-order valence-corrected chi connectivity index (χ1v) is 10.7. The predicted octanol–water partition coefficient (Wildman–Crippen LogP) is 2.84. The molecule has 0 spiro atoms. The third-order valence-electron chi connectivity index (χ3n) is 4.68. The molecule has 1 saturated carbocycles. The van der Waals surface area contributed by atoms with Crippen molar-refractivity contribution < 1.29 is 12.9 Å². The van der Waals surface area contributed by atoms with Gasteiger partial charge in [0.15, 0.2) is 0 Å². The molecule has 7 nitrogen and oxygen atoms in total. The van der Waals surface area contributed by atoms with Crippen LogP contribution in [-0.2, 0) is 29.4 Å². The van der Waals surface area contributed by atoms with Gasteiger partial charge in [-0.2, -0.15) is 4.98 Å². The van der Waals surface area contributed by atoms with Gasteiger partial charge in [0.1, 0.15) is 0 Å². The van der Waals surface area contributed by atoms with E-state index in [1.54, 1.807) is 12.1 Å². The van der Waals surface area contributed by atoms with Crippen LogP contribution in [-0.4, -0.2) is 24.6 Å². The minimum Gasteiger partial charge on any atom is -0.339 e. The number of nitrogens with one attached hydrogen (secondary N) is 1. The average molecular weight is 435 g/mol. The van der Waals surface area contributed by atoms with Crippen LogP contribution in [0.2, 0.25) is 0 Å². The Morgan fingerprint density at radius 2 is 1.66 bits per heavy atom. The molecule has 3 aromatic rings. The Balaban J connectivity index is 0.00000240. The molecule has 0 bridgehead atoms. The Morgan fingerprint density at radius 3 is 2.28 bits per heavy atom. The van der Waals surface area contributed by atoms with E-state index in [0.717, 1.165) is 29.5 Å². The second-order valence-corrected chi connectivity index (χ2v) is 8.67. The first-order chi connectivity index (χ1) is 13.5. The molecular weight excluding hydrogens is 412 g/mol. The van der Waals surface area contributed by atoms with Crippen LogP contribution in [0.25, 0.3) is 11.4 Å². The van der Waals surface area contributed by atoms with Gasteiger partial charge in [-0.3, -0.25) is 0 Å². The molecule has 154 valence electrons. The van der Waals surface area contributed by atoms with Crippen molar-refractivity contribution in [1.82, 2.24) is 14.9 Å². The van der Waals surface area contributed by atoms with Gasteiger partial charge in [0, 0.05) is 24.6 Å². The van der Waals surface area contributed by atoms with Crippen LogP contribution in [0, 0.1) is 0 Å². The summed E-state index contributed by atoms with van der Waals surface area (Å²) in [4.78, 5) is 4.73. The van der Waals surface area contributed by atoms with Crippen molar-refractivity contribution >= 4 is 22.4 Å². The third-order valence-corrected chi connectivity index (χ3v) is 6.21. The van der Waals surface area contributed by atoms with E-state index >= 15 is 0 Å². The Morgan fingerprint density at radius 1 is 1.00 bits per heavy atom. The minimum absolute atomic E-state index is 0. The number of nitrogens with two attached hydrogens (primary N) is 1. The standard InChI is InChI=1S/C20H22N4O3S.ClH/c21-13-15-1-6-16(7-2-15)20-22-19(27-23-20)12-5-14-3-10-18(11-4-14)28(25,26)24-17-8-9-17;/h1-4,6-7,10-11,17,24H,5,8-9,12-13,21H2;1H. The molecule has 1 aromatic heterocycles. The maximum atomic E-state index is 12.2. The van der Waals surface area contributed by atoms with Crippen LogP contribution in [0.4, 0.5) is 0 Å². The number of sulfonamides is 1. The number of benzene rings is 2. The molecule has 0 unspecified atom stereocenters. The van der Waals surface area contributed by atoms with E-state index in [4.69, 9.17) is 10.3 Å². The van der Waals surface area contributed by atoms with Gasteiger partial charge >= 0.3 is 0 Å². The summed E-state index contributed by atoms with van der Waals surface area (Å²) in [5, 5.41) is 4.03. The highest BCUT2D eigenvalue weighted by atomic mass is 35.5. The van der Waals surface area contributed by atoms with Gasteiger partial charge in [-0.25, -0.2) is 13.1 Å². The van der Waals surface area contributed by atoms with Gasteiger partial charge in [0.05, 0.1) is 4.90 Å². The van der Waals surface area contributed by atoms with E-state index in [1.807, 2.05) is 36.4 Å². The molecule has 1 heterocycles. The lowest BCUT2D eigenvalue weighted by molar-refractivity contribution is 0.379. The van der Waals surface area contributed by atoms with E-state index in [2.05, 4.69) is 14.9 Å². The zero-order valence-electron chi connectivity index (χ0n) is 15.7. The van der Waals surface area contributed by atoms with E-state index < -0.39 is 10.0 Å². The smallest absolute Gasteiger partial charge is 0.240 e. The second kappa shape index (κ2) is 9.04. The lowest BCUT2D eigenvalue weighted by Gasteiger charge is -2.06. The van der Waals surface area contributed by atoms with Gasteiger partial charge in [-0.15, -0.1) is 12.4 Å². The van der Waals surface area contributed by atoms with Crippen LogP contribution in [0.3, 0.4) is 0 Å². The molecule has 1 fully saturated rings. The quantitative estimate of drug-likeness (QED) is 0.563. The number of rotatable bonds is 8. The average Bonchev–Trinajstić information content (AvgIpc) is 3.39. The normalized spacial score (nSPS) is 13.8. The van der Waals surface area contributed by atoms with Gasteiger partial charge in [-0.1, -0.05) is 41.6 Å². The van der Waals surface area contributed by atoms with Gasteiger partial charge in [-0.05, 0) is 42.5 Å². The molecule has 0 aliphatic heterocycles. The number of hydrogen-bond donors (Lipinski definition) is 2. The molecule has 0 radical (unpaired) electrons. The molecule has 0 saturated heterocycles. The summed E-state index contributed by atoms with van der Waals surface area (Å²) >= 11 is 0. The van der Waals surface area contributed by atoms with Crippen molar-refractivity contribution in [3.8, 4) is 11.4 Å². The highest BCUT2D eigenvalue weighted by Gasteiger charge is 2.27. The molecule has 29 heavy (non-hydrogen) atoms. The minimum atomic E-state index is -3.41. The van der Waals surface area contributed by atoms with E-state index in [0.29, 0.717) is 36.0 Å². The lowest BCUT2D eigenvalue weighted by atomic mass is 10.1. The Hall–Kier alpha value is -2.26. The fourth-order valence-electron chi connectivity index (χ4n) is 2.84. The highest BCUT2D eigenvalue weighted by Crippen LogP contribution is 2.22. The zero-order valence-corrected chi connectivity index (χ0v) is 17.4. The maximum absolute atomic E-state index is 12.2. The van der Waals surface area contributed by atoms with E-state index in [-0.39, 0.29) is 18.4 Å². The van der Waals surface area contributed by atoms with E-state index in [1.165, 1.54) is 0 Å². The number of hydrogen-bond acceptors (Lipinski definition) is 6. The summed E-state index contributed by atoms with van der Waals surface area (Å²) in [6, 6.07) is 14.8. The summed E-state index contributed by atoms with van der Waals surface area (Å²) in [7, 11) is -3.41. The molecule has 1 aliphatic rings. The first kappa shape index (κ1) is 21.4. The molecule has 2 aromatic carbocycles. The largest absolute Gasteiger partial charge is 0.339 e. The van der Waals surface area contributed by atoms with Crippen LogP contribution < -0.4 is 10.5 Å².